The topological polar surface area (TPSA) is 42.2 Å². The highest BCUT2D eigenvalue weighted by atomic mass is 32.2. The van der Waals surface area contributed by atoms with Crippen LogP contribution in [0.15, 0.2) is 47.4 Å². The van der Waals surface area contributed by atoms with Gasteiger partial charge in [0.25, 0.3) is 0 Å². The number of para-hydroxylation sites is 1. The molecular weight excluding hydrogens is 302 g/mol. The van der Waals surface area contributed by atoms with Crippen molar-refractivity contribution in [2.75, 3.05) is 18.8 Å². The van der Waals surface area contributed by atoms with Crippen LogP contribution < -0.4 is 5.73 Å². The molecule has 0 aliphatic rings. The third-order valence-electron chi connectivity index (χ3n) is 4.27. The molecule has 0 spiro atoms. The zero-order chi connectivity index (χ0) is 16.4. The maximum atomic E-state index is 5.96. The van der Waals surface area contributed by atoms with Crippen LogP contribution in [0, 0.1) is 0 Å². The Labute approximate surface area is 141 Å². The Morgan fingerprint density at radius 1 is 1.04 bits per heavy atom. The van der Waals surface area contributed by atoms with Crippen molar-refractivity contribution in [3.63, 3.8) is 0 Å². The molecule has 0 saturated carbocycles. The van der Waals surface area contributed by atoms with Gasteiger partial charge in [0, 0.05) is 21.4 Å². The minimum absolute atomic E-state index is 0.413. The maximum Gasteiger partial charge on any atom is 0.0741 e. The molecule has 1 heterocycles. The van der Waals surface area contributed by atoms with E-state index in [9.17, 15) is 0 Å². The molecule has 23 heavy (non-hydrogen) atoms. The Morgan fingerprint density at radius 3 is 2.48 bits per heavy atom. The van der Waals surface area contributed by atoms with Crippen LogP contribution in [0.4, 0.5) is 5.69 Å². The molecule has 3 aromatic rings. The molecule has 120 valence electrons. The van der Waals surface area contributed by atoms with Crippen molar-refractivity contribution in [3.8, 4) is 0 Å². The van der Waals surface area contributed by atoms with Crippen molar-refractivity contribution in [2.45, 2.75) is 31.0 Å². The zero-order valence-electron chi connectivity index (χ0n) is 13.9. The predicted octanol–water partition coefficient (Wildman–Crippen LogP) is 4.75. The number of thioether (sulfide) groups is 1. The molecule has 3 rings (SSSR count). The normalized spacial score (nSPS) is 13.0. The SMILES string of the molecule is CCN(CC)C(C)Sc1c2ccccc2nc2cc(N)ccc12. The van der Waals surface area contributed by atoms with Gasteiger partial charge in [0.2, 0.25) is 0 Å². The summed E-state index contributed by atoms with van der Waals surface area (Å²) in [7, 11) is 0. The van der Waals surface area contributed by atoms with Crippen molar-refractivity contribution < 1.29 is 0 Å². The summed E-state index contributed by atoms with van der Waals surface area (Å²) in [6.07, 6.45) is 0. The van der Waals surface area contributed by atoms with Crippen LogP contribution in [0.2, 0.25) is 0 Å². The van der Waals surface area contributed by atoms with E-state index in [-0.39, 0.29) is 0 Å². The number of aromatic nitrogens is 1. The van der Waals surface area contributed by atoms with Gasteiger partial charge in [-0.25, -0.2) is 4.98 Å². The number of rotatable bonds is 5. The van der Waals surface area contributed by atoms with Crippen molar-refractivity contribution in [1.82, 2.24) is 9.88 Å². The van der Waals surface area contributed by atoms with Gasteiger partial charge in [-0.15, -0.1) is 11.8 Å². The molecule has 0 bridgehead atoms. The Hall–Kier alpha value is -1.78. The molecule has 1 atom stereocenters. The number of benzene rings is 2. The second-order valence-corrected chi connectivity index (χ2v) is 7.00. The second kappa shape index (κ2) is 6.77. The summed E-state index contributed by atoms with van der Waals surface area (Å²) in [4.78, 5) is 8.54. The molecule has 0 fully saturated rings. The van der Waals surface area contributed by atoms with Gasteiger partial charge in [-0.2, -0.15) is 0 Å². The fraction of sp³-hybridized carbons (Fsp3) is 0.316. The summed E-state index contributed by atoms with van der Waals surface area (Å²) in [6, 6.07) is 14.4. The van der Waals surface area contributed by atoms with Crippen LogP contribution in [0.1, 0.15) is 20.8 Å². The van der Waals surface area contributed by atoms with Crippen LogP contribution in [0.25, 0.3) is 21.8 Å². The Bertz CT molecular complexity index is 827. The van der Waals surface area contributed by atoms with E-state index in [0.717, 1.165) is 29.8 Å². The number of nitrogens with two attached hydrogens (primary N) is 1. The fourth-order valence-electron chi connectivity index (χ4n) is 2.98. The quantitative estimate of drug-likeness (QED) is 0.318. The summed E-state index contributed by atoms with van der Waals surface area (Å²) in [6.45, 7) is 8.81. The third-order valence-corrected chi connectivity index (χ3v) is 5.59. The first kappa shape index (κ1) is 16.1. The standard InChI is InChI=1S/C19H23N3S/c1-4-22(5-2)13(3)23-19-15-8-6-7-9-17(15)21-18-12-14(20)10-11-16(18)19/h6-13H,4-5,20H2,1-3H3. The number of hydrogen-bond donors (Lipinski definition) is 1. The number of nitrogens with zero attached hydrogens (tertiary/aromatic N) is 2. The first-order valence-electron chi connectivity index (χ1n) is 8.12. The van der Waals surface area contributed by atoms with Gasteiger partial charge in [-0.1, -0.05) is 32.0 Å². The molecule has 0 saturated heterocycles. The molecular formula is C19H23N3S. The first-order chi connectivity index (χ1) is 11.1. The number of nitrogen functional groups attached to an aromatic ring is 1. The van der Waals surface area contributed by atoms with E-state index in [1.807, 2.05) is 30.0 Å². The largest absolute Gasteiger partial charge is 0.399 e. The third kappa shape index (κ3) is 3.14. The van der Waals surface area contributed by atoms with Crippen molar-refractivity contribution >= 4 is 39.3 Å². The summed E-state index contributed by atoms with van der Waals surface area (Å²) in [5, 5.41) is 2.81. The highest BCUT2D eigenvalue weighted by Crippen LogP contribution is 2.37. The molecule has 2 N–H and O–H groups in total. The molecule has 2 aromatic carbocycles. The van der Waals surface area contributed by atoms with E-state index in [4.69, 9.17) is 10.7 Å². The monoisotopic (exact) mass is 325 g/mol. The summed E-state index contributed by atoms with van der Waals surface area (Å²) in [5.74, 6) is 0. The van der Waals surface area contributed by atoms with Gasteiger partial charge >= 0.3 is 0 Å². The predicted molar refractivity (Wildman–Crippen MR) is 102 cm³/mol. The van der Waals surface area contributed by atoms with Crippen molar-refractivity contribution in [2.24, 2.45) is 0 Å². The first-order valence-corrected chi connectivity index (χ1v) is 9.00. The lowest BCUT2D eigenvalue weighted by Gasteiger charge is -2.26. The van der Waals surface area contributed by atoms with Gasteiger partial charge in [0.15, 0.2) is 0 Å². The summed E-state index contributed by atoms with van der Waals surface area (Å²) >= 11 is 1.91. The maximum absolute atomic E-state index is 5.96. The van der Waals surface area contributed by atoms with E-state index in [1.54, 1.807) is 0 Å². The Morgan fingerprint density at radius 2 is 1.74 bits per heavy atom. The Balaban J connectivity index is 2.18. The van der Waals surface area contributed by atoms with Crippen LogP contribution in [-0.2, 0) is 0 Å². The average Bonchev–Trinajstić information content (AvgIpc) is 2.55. The van der Waals surface area contributed by atoms with Gasteiger partial charge < -0.3 is 5.73 Å². The smallest absolute Gasteiger partial charge is 0.0741 e. The zero-order valence-corrected chi connectivity index (χ0v) is 14.7. The molecule has 0 aliphatic heterocycles. The van der Waals surface area contributed by atoms with Crippen LogP contribution in [-0.4, -0.2) is 28.3 Å². The van der Waals surface area contributed by atoms with Gasteiger partial charge in [-0.3, -0.25) is 4.90 Å². The van der Waals surface area contributed by atoms with E-state index in [0.29, 0.717) is 5.37 Å². The highest BCUT2D eigenvalue weighted by molar-refractivity contribution is 8.00. The van der Waals surface area contributed by atoms with E-state index < -0.39 is 0 Å². The molecule has 0 radical (unpaired) electrons. The number of pyridine rings is 1. The van der Waals surface area contributed by atoms with Gasteiger partial charge in [0.05, 0.1) is 16.4 Å². The second-order valence-electron chi connectivity index (χ2n) is 5.67. The highest BCUT2D eigenvalue weighted by Gasteiger charge is 2.16. The number of anilines is 1. The summed E-state index contributed by atoms with van der Waals surface area (Å²) in [5.41, 5.74) is 8.71. The molecule has 3 nitrogen and oxygen atoms in total. The molecule has 1 unspecified atom stereocenters. The van der Waals surface area contributed by atoms with E-state index in [1.165, 1.54) is 15.7 Å². The lowest BCUT2D eigenvalue weighted by molar-refractivity contribution is 0.297. The van der Waals surface area contributed by atoms with Crippen molar-refractivity contribution in [1.29, 1.82) is 0 Å². The number of fused-ring (bicyclic) bond motifs is 2. The summed E-state index contributed by atoms with van der Waals surface area (Å²) < 4.78 is 0. The fourth-order valence-corrected chi connectivity index (χ4v) is 4.37. The van der Waals surface area contributed by atoms with E-state index in [2.05, 4.69) is 49.9 Å². The minimum Gasteiger partial charge on any atom is -0.399 e. The number of hydrogen-bond acceptors (Lipinski definition) is 4. The molecule has 0 amide bonds. The van der Waals surface area contributed by atoms with Crippen LogP contribution in [0.3, 0.4) is 0 Å². The molecule has 1 aromatic heterocycles. The van der Waals surface area contributed by atoms with Crippen LogP contribution >= 0.6 is 11.8 Å². The van der Waals surface area contributed by atoms with Crippen LogP contribution in [0.5, 0.6) is 0 Å². The van der Waals surface area contributed by atoms with Gasteiger partial charge in [0.1, 0.15) is 0 Å². The molecule has 4 heteroatoms. The average molecular weight is 325 g/mol. The lowest BCUT2D eigenvalue weighted by Crippen LogP contribution is -2.30. The Kier molecular flexibility index (Phi) is 4.74. The van der Waals surface area contributed by atoms with Gasteiger partial charge in [-0.05, 0) is 44.3 Å². The lowest BCUT2D eigenvalue weighted by atomic mass is 10.1. The molecule has 0 aliphatic carbocycles. The minimum atomic E-state index is 0.413. The van der Waals surface area contributed by atoms with Crippen molar-refractivity contribution in [3.05, 3.63) is 42.5 Å². The van der Waals surface area contributed by atoms with E-state index >= 15 is 0 Å².